The lowest BCUT2D eigenvalue weighted by Crippen LogP contribution is -1.97. The third-order valence-electron chi connectivity index (χ3n) is 2.16. The maximum absolute atomic E-state index is 9.83. The van der Waals surface area contributed by atoms with Gasteiger partial charge in [-0.25, -0.2) is 0 Å². The van der Waals surface area contributed by atoms with Crippen LogP contribution in [0.25, 0.3) is 0 Å². The summed E-state index contributed by atoms with van der Waals surface area (Å²) >= 11 is 6.83. The van der Waals surface area contributed by atoms with E-state index in [0.717, 1.165) is 33.8 Å². The van der Waals surface area contributed by atoms with E-state index in [9.17, 15) is 5.11 Å². The van der Waals surface area contributed by atoms with Crippen LogP contribution in [-0.4, -0.2) is 5.11 Å². The van der Waals surface area contributed by atoms with Crippen molar-refractivity contribution in [2.75, 3.05) is 0 Å². The fourth-order valence-electron chi connectivity index (χ4n) is 1.28. The summed E-state index contributed by atoms with van der Waals surface area (Å²) in [5.41, 5.74) is 0.980. The molecular formula is C11H14Br2O. The highest BCUT2D eigenvalue weighted by atomic mass is 79.9. The summed E-state index contributed by atoms with van der Waals surface area (Å²) in [4.78, 5) is 0. The van der Waals surface area contributed by atoms with Gasteiger partial charge in [-0.2, -0.15) is 0 Å². The van der Waals surface area contributed by atoms with Gasteiger partial charge in [-0.15, -0.1) is 0 Å². The minimum Gasteiger partial charge on any atom is -0.388 e. The lowest BCUT2D eigenvalue weighted by molar-refractivity contribution is 0.164. The summed E-state index contributed by atoms with van der Waals surface area (Å²) in [6.45, 7) is 2.13. The van der Waals surface area contributed by atoms with Gasteiger partial charge in [-0.3, -0.25) is 0 Å². The van der Waals surface area contributed by atoms with Crippen molar-refractivity contribution < 1.29 is 5.11 Å². The smallest absolute Gasteiger partial charge is 0.0790 e. The summed E-state index contributed by atoms with van der Waals surface area (Å²) in [5.74, 6) is 0. The van der Waals surface area contributed by atoms with Crippen molar-refractivity contribution in [1.29, 1.82) is 0 Å². The van der Waals surface area contributed by atoms with E-state index in [2.05, 4.69) is 38.8 Å². The summed E-state index contributed by atoms with van der Waals surface area (Å²) in [6.07, 6.45) is 2.69. The standard InChI is InChI=1S/C11H14Br2O/c1-2-3-4-11(14)8-5-6-9(12)10(13)7-8/h5-7,11,14H,2-4H2,1H3. The highest BCUT2D eigenvalue weighted by Crippen LogP contribution is 2.28. The molecule has 1 N–H and O–H groups in total. The highest BCUT2D eigenvalue weighted by Gasteiger charge is 2.08. The molecule has 0 fully saturated rings. The van der Waals surface area contributed by atoms with E-state index in [1.165, 1.54) is 0 Å². The van der Waals surface area contributed by atoms with Crippen LogP contribution in [0.3, 0.4) is 0 Å². The quantitative estimate of drug-likeness (QED) is 0.869. The second kappa shape index (κ2) is 5.89. The van der Waals surface area contributed by atoms with Crippen LogP contribution in [0.2, 0.25) is 0 Å². The average molecular weight is 322 g/mol. The molecule has 0 saturated heterocycles. The van der Waals surface area contributed by atoms with E-state index in [0.29, 0.717) is 0 Å². The molecule has 1 aromatic rings. The number of aliphatic hydroxyl groups is 1. The van der Waals surface area contributed by atoms with E-state index < -0.39 is 0 Å². The molecular weight excluding hydrogens is 308 g/mol. The third kappa shape index (κ3) is 3.37. The van der Waals surface area contributed by atoms with E-state index >= 15 is 0 Å². The van der Waals surface area contributed by atoms with Crippen LogP contribution in [0.5, 0.6) is 0 Å². The van der Waals surface area contributed by atoms with Crippen molar-refractivity contribution in [2.24, 2.45) is 0 Å². The summed E-state index contributed by atoms with van der Waals surface area (Å²) < 4.78 is 2.01. The predicted octanol–water partition coefficient (Wildman–Crippen LogP) is 4.44. The van der Waals surface area contributed by atoms with Crippen LogP contribution >= 0.6 is 31.9 Å². The maximum atomic E-state index is 9.83. The molecule has 0 spiro atoms. The fraction of sp³-hybridized carbons (Fsp3) is 0.455. The van der Waals surface area contributed by atoms with Crippen molar-refractivity contribution >= 4 is 31.9 Å². The van der Waals surface area contributed by atoms with E-state index in [-0.39, 0.29) is 6.10 Å². The van der Waals surface area contributed by atoms with Gasteiger partial charge < -0.3 is 5.11 Å². The molecule has 0 aliphatic rings. The molecule has 1 unspecified atom stereocenters. The molecule has 0 amide bonds. The first-order valence-electron chi connectivity index (χ1n) is 4.78. The van der Waals surface area contributed by atoms with Gasteiger partial charge in [0.2, 0.25) is 0 Å². The Morgan fingerprint density at radius 3 is 2.57 bits per heavy atom. The topological polar surface area (TPSA) is 20.2 Å². The van der Waals surface area contributed by atoms with Crippen LogP contribution in [0.4, 0.5) is 0 Å². The Balaban J connectivity index is 2.70. The number of unbranched alkanes of at least 4 members (excludes halogenated alkanes) is 1. The van der Waals surface area contributed by atoms with Crippen molar-refractivity contribution in [3.05, 3.63) is 32.7 Å². The van der Waals surface area contributed by atoms with Crippen LogP contribution in [0.15, 0.2) is 27.1 Å². The molecule has 0 saturated carbocycles. The van der Waals surface area contributed by atoms with Crippen LogP contribution in [0.1, 0.15) is 37.9 Å². The lowest BCUT2D eigenvalue weighted by Gasteiger charge is -2.11. The van der Waals surface area contributed by atoms with Crippen molar-refractivity contribution in [3.63, 3.8) is 0 Å². The maximum Gasteiger partial charge on any atom is 0.0790 e. The lowest BCUT2D eigenvalue weighted by atomic mass is 10.0. The molecule has 1 nitrogen and oxygen atoms in total. The summed E-state index contributed by atoms with van der Waals surface area (Å²) in [5, 5.41) is 9.83. The van der Waals surface area contributed by atoms with Gasteiger partial charge in [0.15, 0.2) is 0 Å². The van der Waals surface area contributed by atoms with E-state index in [4.69, 9.17) is 0 Å². The van der Waals surface area contributed by atoms with Gasteiger partial charge in [0, 0.05) is 8.95 Å². The van der Waals surface area contributed by atoms with Gasteiger partial charge >= 0.3 is 0 Å². The normalized spacial score (nSPS) is 12.9. The second-order valence-corrected chi connectivity index (χ2v) is 5.04. The zero-order valence-electron chi connectivity index (χ0n) is 8.13. The molecule has 0 bridgehead atoms. The highest BCUT2D eigenvalue weighted by molar-refractivity contribution is 9.13. The van der Waals surface area contributed by atoms with Crippen molar-refractivity contribution in [3.8, 4) is 0 Å². The molecule has 14 heavy (non-hydrogen) atoms. The Bertz CT molecular complexity index is 299. The van der Waals surface area contributed by atoms with Gasteiger partial charge in [0.25, 0.3) is 0 Å². The van der Waals surface area contributed by atoms with Crippen molar-refractivity contribution in [2.45, 2.75) is 32.3 Å². The van der Waals surface area contributed by atoms with Gasteiger partial charge in [0.05, 0.1) is 6.10 Å². The van der Waals surface area contributed by atoms with Crippen LogP contribution < -0.4 is 0 Å². The molecule has 3 heteroatoms. The number of halogens is 2. The number of aliphatic hydroxyl groups excluding tert-OH is 1. The molecule has 0 radical (unpaired) electrons. The zero-order valence-corrected chi connectivity index (χ0v) is 11.3. The van der Waals surface area contributed by atoms with Crippen LogP contribution in [0, 0.1) is 0 Å². The van der Waals surface area contributed by atoms with Gasteiger partial charge in [-0.05, 0) is 56.0 Å². The fourth-order valence-corrected chi connectivity index (χ4v) is 1.93. The third-order valence-corrected chi connectivity index (χ3v) is 4.04. The molecule has 0 aliphatic carbocycles. The number of rotatable bonds is 4. The number of hydrogen-bond acceptors (Lipinski definition) is 1. The molecule has 0 aromatic heterocycles. The summed E-state index contributed by atoms with van der Waals surface area (Å²) in [7, 11) is 0. The molecule has 0 heterocycles. The zero-order chi connectivity index (χ0) is 10.6. The first-order valence-corrected chi connectivity index (χ1v) is 6.36. The molecule has 0 aliphatic heterocycles. The average Bonchev–Trinajstić information content (AvgIpc) is 2.18. The summed E-state index contributed by atoms with van der Waals surface area (Å²) in [6, 6.07) is 5.87. The first kappa shape index (κ1) is 12.2. The van der Waals surface area contributed by atoms with Crippen LogP contribution in [-0.2, 0) is 0 Å². The molecule has 78 valence electrons. The predicted molar refractivity (Wildman–Crippen MR) is 66.3 cm³/mol. The molecule has 1 aromatic carbocycles. The minimum atomic E-state index is -0.334. The van der Waals surface area contributed by atoms with E-state index in [1.54, 1.807) is 0 Å². The van der Waals surface area contributed by atoms with E-state index in [1.807, 2.05) is 18.2 Å². The molecule has 1 rings (SSSR count). The Labute approximate surface area is 102 Å². The first-order chi connectivity index (χ1) is 6.65. The number of hydrogen-bond donors (Lipinski definition) is 1. The van der Waals surface area contributed by atoms with Gasteiger partial charge in [-0.1, -0.05) is 25.8 Å². The largest absolute Gasteiger partial charge is 0.388 e. The SMILES string of the molecule is CCCCC(O)c1ccc(Br)c(Br)c1. The molecule has 1 atom stereocenters. The number of benzene rings is 1. The Morgan fingerprint density at radius 1 is 1.29 bits per heavy atom. The Morgan fingerprint density at radius 2 is 2.00 bits per heavy atom. The second-order valence-electron chi connectivity index (χ2n) is 3.33. The minimum absolute atomic E-state index is 0.334. The Hall–Kier alpha value is 0.140. The monoisotopic (exact) mass is 320 g/mol. The Kier molecular flexibility index (Phi) is 5.13. The van der Waals surface area contributed by atoms with Crippen molar-refractivity contribution in [1.82, 2.24) is 0 Å². The van der Waals surface area contributed by atoms with Gasteiger partial charge in [0.1, 0.15) is 0 Å².